The van der Waals surface area contributed by atoms with Crippen LogP contribution in [0.2, 0.25) is 0 Å². The molecule has 51 heavy (non-hydrogen) atoms. The van der Waals surface area contributed by atoms with E-state index in [-0.39, 0.29) is 17.8 Å². The first kappa shape index (κ1) is 43.7. The lowest BCUT2D eigenvalue weighted by Gasteiger charge is -2.16. The van der Waals surface area contributed by atoms with Gasteiger partial charge in [0, 0.05) is 17.4 Å². The number of anilines is 2. The Bertz CT molecular complexity index is 1480. The highest BCUT2D eigenvalue weighted by atomic mass is 19.4. The van der Waals surface area contributed by atoms with Gasteiger partial charge in [-0.1, -0.05) is 91.4 Å². The molecule has 4 rings (SSSR count). The second kappa shape index (κ2) is 21.2. The van der Waals surface area contributed by atoms with Crippen LogP contribution < -0.4 is 5.32 Å². The van der Waals surface area contributed by atoms with Crippen LogP contribution in [-0.2, 0) is 18.8 Å². The Kier molecular flexibility index (Phi) is 18.1. The van der Waals surface area contributed by atoms with E-state index in [1.807, 2.05) is 19.9 Å². The Morgan fingerprint density at radius 2 is 1.51 bits per heavy atom. The smallest absolute Gasteiger partial charge is 0.324 e. The predicted molar refractivity (Wildman–Crippen MR) is 195 cm³/mol. The third-order valence-electron chi connectivity index (χ3n) is 8.66. The van der Waals surface area contributed by atoms with Gasteiger partial charge < -0.3 is 10.2 Å². The second-order valence-corrected chi connectivity index (χ2v) is 13.2. The maximum absolute atomic E-state index is 14.4. The summed E-state index contributed by atoms with van der Waals surface area (Å²) in [6.07, 6.45) is 5.85. The molecule has 1 heterocycles. The van der Waals surface area contributed by atoms with Gasteiger partial charge in [-0.05, 0) is 99.6 Å². The van der Waals surface area contributed by atoms with Crippen molar-refractivity contribution in [3.8, 4) is 0 Å². The predicted octanol–water partition coefficient (Wildman–Crippen LogP) is 12.8. The van der Waals surface area contributed by atoms with Gasteiger partial charge in [0.25, 0.3) is 0 Å². The van der Waals surface area contributed by atoms with Crippen molar-refractivity contribution < 1.29 is 30.7 Å². The lowest BCUT2D eigenvalue weighted by Crippen LogP contribution is -2.19. The molecule has 0 amide bonds. The number of aryl methyl sites for hydroxylation is 2. The van der Waals surface area contributed by atoms with Gasteiger partial charge >= 0.3 is 12.4 Å². The minimum Gasteiger partial charge on any atom is -0.324 e. The van der Waals surface area contributed by atoms with Crippen molar-refractivity contribution in [1.29, 1.82) is 0 Å². The van der Waals surface area contributed by atoms with Gasteiger partial charge in [0.05, 0.1) is 16.8 Å². The molecule has 1 aliphatic carbocycles. The van der Waals surface area contributed by atoms with Crippen LogP contribution in [-0.4, -0.2) is 35.0 Å². The minimum atomic E-state index is -4.97. The highest BCUT2D eigenvalue weighted by molar-refractivity contribution is 5.81. The number of allylic oxidation sites excluding steroid dienone is 1. The molecule has 0 saturated heterocycles. The summed E-state index contributed by atoms with van der Waals surface area (Å²) in [6.45, 7) is 14.7. The number of halogens is 7. The molecule has 1 saturated carbocycles. The summed E-state index contributed by atoms with van der Waals surface area (Å²) in [5, 5.41) is 2.43. The van der Waals surface area contributed by atoms with Gasteiger partial charge in [0.15, 0.2) is 0 Å². The SMILES string of the molecule is CC/C=C(/c1ccc(CC)c(F)c1)c1cnc(Nc2cc(C(F)(F)F)cc(C(F)(F)F)c2)nc1C.CC1CCCCC1.CCCCN(C)CCC. The van der Waals surface area contributed by atoms with Gasteiger partial charge in [-0.25, -0.2) is 14.4 Å². The molecule has 1 aromatic heterocycles. The van der Waals surface area contributed by atoms with Crippen LogP contribution in [0.25, 0.3) is 5.57 Å². The Balaban J connectivity index is 0.000000461. The van der Waals surface area contributed by atoms with Crippen molar-refractivity contribution in [2.75, 3.05) is 25.5 Å². The maximum Gasteiger partial charge on any atom is 0.416 e. The number of hydrogen-bond donors (Lipinski definition) is 1. The molecule has 0 radical (unpaired) electrons. The Morgan fingerprint density at radius 3 is 1.96 bits per heavy atom. The molecule has 1 fully saturated rings. The Hall–Kier alpha value is -3.47. The van der Waals surface area contributed by atoms with Crippen LogP contribution in [0.1, 0.15) is 126 Å². The van der Waals surface area contributed by atoms with Gasteiger partial charge in [0.1, 0.15) is 5.82 Å². The number of nitrogens with zero attached hydrogens (tertiary/aromatic N) is 3. The lowest BCUT2D eigenvalue weighted by molar-refractivity contribution is -0.143. The van der Waals surface area contributed by atoms with Crippen molar-refractivity contribution in [3.63, 3.8) is 0 Å². The summed E-state index contributed by atoms with van der Waals surface area (Å²) in [7, 11) is 2.19. The van der Waals surface area contributed by atoms with Crippen LogP contribution in [0, 0.1) is 18.7 Å². The quantitative estimate of drug-likeness (QED) is 0.200. The molecular weight excluding hydrogens is 669 g/mol. The third kappa shape index (κ3) is 15.0. The van der Waals surface area contributed by atoms with Crippen LogP contribution in [0.15, 0.2) is 48.7 Å². The van der Waals surface area contributed by atoms with Gasteiger partial charge in [-0.2, -0.15) is 26.3 Å². The zero-order valence-corrected chi connectivity index (χ0v) is 31.2. The summed E-state index contributed by atoms with van der Waals surface area (Å²) in [4.78, 5) is 10.7. The first-order valence-corrected chi connectivity index (χ1v) is 18.1. The van der Waals surface area contributed by atoms with E-state index in [4.69, 9.17) is 0 Å². The van der Waals surface area contributed by atoms with E-state index >= 15 is 0 Å². The van der Waals surface area contributed by atoms with Crippen molar-refractivity contribution in [1.82, 2.24) is 14.9 Å². The first-order chi connectivity index (χ1) is 24.0. The number of aromatic nitrogens is 2. The van der Waals surface area contributed by atoms with Crippen molar-refractivity contribution in [2.45, 2.75) is 118 Å². The molecule has 1 N–H and O–H groups in total. The van der Waals surface area contributed by atoms with Crippen LogP contribution in [0.3, 0.4) is 0 Å². The van der Waals surface area contributed by atoms with E-state index in [0.29, 0.717) is 52.9 Å². The van der Waals surface area contributed by atoms with Gasteiger partial charge in [-0.3, -0.25) is 0 Å². The molecule has 11 heteroatoms. The van der Waals surface area contributed by atoms with Crippen LogP contribution >= 0.6 is 0 Å². The van der Waals surface area contributed by atoms with E-state index < -0.39 is 29.2 Å². The molecule has 284 valence electrons. The fraction of sp³-hybridized carbons (Fsp3) is 0.550. The fourth-order valence-electron chi connectivity index (χ4n) is 5.77. The number of nitrogens with one attached hydrogen (secondary N) is 1. The van der Waals surface area contributed by atoms with Crippen LogP contribution in [0.5, 0.6) is 0 Å². The molecule has 0 atom stereocenters. The Morgan fingerprint density at radius 1 is 0.882 bits per heavy atom. The number of unbranched alkanes of at least 4 members (excludes halogenated alkanes) is 1. The molecule has 0 unspecified atom stereocenters. The van der Waals surface area contributed by atoms with Gasteiger partial charge in [-0.15, -0.1) is 0 Å². The zero-order valence-electron chi connectivity index (χ0n) is 31.2. The van der Waals surface area contributed by atoms with E-state index in [1.165, 1.54) is 76.7 Å². The summed E-state index contributed by atoms with van der Waals surface area (Å²) in [5.41, 5.74) is -0.565. The summed E-state index contributed by atoms with van der Waals surface area (Å²) in [5.74, 6) is 0.504. The molecule has 4 nitrogen and oxygen atoms in total. The Labute approximate surface area is 300 Å². The average molecular weight is 725 g/mol. The molecular formula is C40H55F7N4. The van der Waals surface area contributed by atoms with Crippen molar-refractivity contribution >= 4 is 17.2 Å². The number of rotatable bonds is 11. The molecule has 0 aliphatic heterocycles. The van der Waals surface area contributed by atoms with Crippen molar-refractivity contribution in [3.05, 3.63) is 88.0 Å². The van der Waals surface area contributed by atoms with Gasteiger partial charge in [0.2, 0.25) is 5.95 Å². The summed E-state index contributed by atoms with van der Waals surface area (Å²) < 4.78 is 93.2. The highest BCUT2D eigenvalue weighted by Gasteiger charge is 2.37. The second-order valence-electron chi connectivity index (χ2n) is 13.2. The molecule has 1 aliphatic rings. The van der Waals surface area contributed by atoms with E-state index in [2.05, 4.69) is 48.0 Å². The van der Waals surface area contributed by atoms with Crippen molar-refractivity contribution in [2.24, 2.45) is 5.92 Å². The van der Waals surface area contributed by atoms with E-state index in [9.17, 15) is 30.7 Å². The minimum absolute atomic E-state index is 0.0468. The topological polar surface area (TPSA) is 41.1 Å². The number of alkyl halides is 6. The maximum atomic E-state index is 14.4. The molecule has 3 aromatic rings. The highest BCUT2D eigenvalue weighted by Crippen LogP contribution is 2.38. The number of hydrogen-bond acceptors (Lipinski definition) is 4. The van der Waals surface area contributed by atoms with E-state index in [0.717, 1.165) is 5.92 Å². The zero-order chi connectivity index (χ0) is 38.2. The largest absolute Gasteiger partial charge is 0.416 e. The molecule has 0 bridgehead atoms. The fourth-order valence-corrected chi connectivity index (χ4v) is 5.77. The monoisotopic (exact) mass is 724 g/mol. The van der Waals surface area contributed by atoms with Crippen LogP contribution in [0.4, 0.5) is 42.4 Å². The van der Waals surface area contributed by atoms with E-state index in [1.54, 1.807) is 19.1 Å². The average Bonchev–Trinajstić information content (AvgIpc) is 3.07. The molecule has 0 spiro atoms. The number of benzene rings is 2. The summed E-state index contributed by atoms with van der Waals surface area (Å²) in [6, 6.07) is 6.03. The summed E-state index contributed by atoms with van der Waals surface area (Å²) >= 11 is 0. The first-order valence-electron chi connectivity index (χ1n) is 18.1. The lowest BCUT2D eigenvalue weighted by atomic mass is 9.91. The third-order valence-corrected chi connectivity index (χ3v) is 8.66. The standard InChI is InChI=1S/C25H22F7N3.C8H19N.C7H14/c1-4-6-20(16-8-7-15(5-2)22(26)9-16)21-13-33-23(34-14(21)3)35-19-11-17(24(27,28)29)10-18(12-19)25(30,31)32;1-4-6-8-9(3)7-5-2;1-7-5-3-2-4-6-7/h6-13H,4-5H2,1-3H3,(H,33,34,35);4-8H2,1-3H3;7H,2-6H2,1H3/b20-6-;;. The molecule has 2 aromatic carbocycles. The normalized spacial score (nSPS) is 14.1.